The van der Waals surface area contributed by atoms with Crippen molar-refractivity contribution in [1.82, 2.24) is 14.9 Å². The highest BCUT2D eigenvalue weighted by atomic mass is 16.5. The van der Waals surface area contributed by atoms with Gasteiger partial charge in [0.05, 0.1) is 13.4 Å². The van der Waals surface area contributed by atoms with Crippen LogP contribution >= 0.6 is 0 Å². The number of methoxy groups -OCH3 is 1. The second kappa shape index (κ2) is 7.33. The van der Waals surface area contributed by atoms with Crippen LogP contribution < -0.4 is 15.4 Å². The second-order valence-corrected chi connectivity index (χ2v) is 4.93. The lowest BCUT2D eigenvalue weighted by atomic mass is 10.2. The Hall–Kier alpha value is -2.50. The van der Waals surface area contributed by atoms with Crippen LogP contribution in [-0.2, 0) is 6.54 Å². The van der Waals surface area contributed by atoms with Crippen molar-refractivity contribution in [2.45, 2.75) is 13.5 Å². The highest BCUT2D eigenvalue weighted by molar-refractivity contribution is 5.89. The van der Waals surface area contributed by atoms with Gasteiger partial charge in [-0.25, -0.2) is 9.78 Å². The molecule has 6 nitrogen and oxygen atoms in total. The number of nitrogens with one attached hydrogen (secondary N) is 2. The number of amides is 2. The molecular formula is C15H20N4O2. The predicted molar refractivity (Wildman–Crippen MR) is 81.4 cm³/mol. The number of urea groups is 1. The first-order valence-corrected chi connectivity index (χ1v) is 6.82. The van der Waals surface area contributed by atoms with E-state index in [1.54, 1.807) is 25.7 Å². The number of rotatable bonds is 6. The number of hydrogen-bond donors (Lipinski definition) is 2. The molecule has 0 unspecified atom stereocenters. The molecule has 0 aliphatic heterocycles. The maximum atomic E-state index is 11.8. The number of anilines is 1. The number of carbonyl (C=O) groups is 1. The number of imidazole rings is 1. The molecule has 6 heteroatoms. The molecule has 0 saturated heterocycles. The third-order valence-corrected chi connectivity index (χ3v) is 3.02. The zero-order valence-corrected chi connectivity index (χ0v) is 12.2. The normalized spacial score (nSPS) is 11.7. The third-order valence-electron chi connectivity index (χ3n) is 3.02. The molecule has 0 fully saturated rings. The highest BCUT2D eigenvalue weighted by Crippen LogP contribution is 2.16. The second-order valence-electron chi connectivity index (χ2n) is 4.93. The van der Waals surface area contributed by atoms with Crippen LogP contribution in [0.2, 0.25) is 0 Å². The fraction of sp³-hybridized carbons (Fsp3) is 0.333. The average molecular weight is 288 g/mol. The molecule has 0 aliphatic rings. The first kappa shape index (κ1) is 14.9. The smallest absolute Gasteiger partial charge is 0.319 e. The Morgan fingerprint density at radius 2 is 2.33 bits per heavy atom. The van der Waals surface area contributed by atoms with Gasteiger partial charge in [-0.2, -0.15) is 0 Å². The van der Waals surface area contributed by atoms with E-state index in [9.17, 15) is 4.79 Å². The first-order chi connectivity index (χ1) is 10.2. The van der Waals surface area contributed by atoms with Gasteiger partial charge in [0.15, 0.2) is 0 Å². The Labute approximate surface area is 124 Å². The Balaban J connectivity index is 1.76. The molecule has 1 aromatic carbocycles. The number of aromatic nitrogens is 2. The van der Waals surface area contributed by atoms with Crippen LogP contribution in [0.5, 0.6) is 5.75 Å². The molecule has 2 N–H and O–H groups in total. The molecule has 2 aromatic rings. The van der Waals surface area contributed by atoms with Gasteiger partial charge in [-0.1, -0.05) is 13.0 Å². The number of nitrogens with zero attached hydrogens (tertiary/aromatic N) is 2. The van der Waals surface area contributed by atoms with Gasteiger partial charge in [0.1, 0.15) is 5.75 Å². The summed E-state index contributed by atoms with van der Waals surface area (Å²) in [5.41, 5.74) is 0.703. The summed E-state index contributed by atoms with van der Waals surface area (Å²) in [6, 6.07) is 7.03. The third kappa shape index (κ3) is 4.83. The van der Waals surface area contributed by atoms with E-state index >= 15 is 0 Å². The zero-order chi connectivity index (χ0) is 15.1. The van der Waals surface area contributed by atoms with Crippen LogP contribution in [0.3, 0.4) is 0 Å². The van der Waals surface area contributed by atoms with Crippen molar-refractivity contribution in [1.29, 1.82) is 0 Å². The summed E-state index contributed by atoms with van der Waals surface area (Å²) in [5, 5.41) is 5.64. The van der Waals surface area contributed by atoms with Crippen molar-refractivity contribution >= 4 is 11.7 Å². The average Bonchev–Trinajstić information content (AvgIpc) is 2.98. The summed E-state index contributed by atoms with van der Waals surface area (Å²) in [7, 11) is 1.59. The van der Waals surface area contributed by atoms with Gasteiger partial charge >= 0.3 is 6.03 Å². The number of hydrogen-bond acceptors (Lipinski definition) is 3. The zero-order valence-electron chi connectivity index (χ0n) is 12.2. The molecular weight excluding hydrogens is 268 g/mol. The van der Waals surface area contributed by atoms with Crippen LogP contribution in [0.15, 0.2) is 43.0 Å². The quantitative estimate of drug-likeness (QED) is 0.857. The predicted octanol–water partition coefficient (Wildman–Crippen LogP) is 2.35. The minimum atomic E-state index is -0.222. The molecule has 0 radical (unpaired) electrons. The van der Waals surface area contributed by atoms with Crippen LogP contribution in [-0.4, -0.2) is 29.2 Å². The minimum Gasteiger partial charge on any atom is -0.497 e. The summed E-state index contributed by atoms with van der Waals surface area (Å²) >= 11 is 0. The molecule has 0 bridgehead atoms. The summed E-state index contributed by atoms with van der Waals surface area (Å²) in [5.74, 6) is 1.02. The SMILES string of the molecule is COc1cccc(NC(=O)NC[C@@H](C)Cn2ccnc2)c1. The molecule has 0 aliphatic carbocycles. The van der Waals surface area contributed by atoms with Crippen molar-refractivity contribution in [3.8, 4) is 5.75 Å². The van der Waals surface area contributed by atoms with Crippen LogP contribution in [0.4, 0.5) is 10.5 Å². The molecule has 1 heterocycles. The summed E-state index contributed by atoms with van der Waals surface area (Å²) in [4.78, 5) is 15.8. The number of benzene rings is 1. The standard InChI is InChI=1S/C15H20N4O2/c1-12(10-19-7-6-16-11-19)9-17-15(20)18-13-4-3-5-14(8-13)21-2/h3-8,11-12H,9-10H2,1-2H3,(H2,17,18,20)/t12-/m1/s1. The summed E-state index contributed by atoms with van der Waals surface area (Å²) in [6.45, 7) is 3.49. The highest BCUT2D eigenvalue weighted by Gasteiger charge is 2.07. The topological polar surface area (TPSA) is 68.2 Å². The van der Waals surface area contributed by atoms with Crippen molar-refractivity contribution in [3.05, 3.63) is 43.0 Å². The van der Waals surface area contributed by atoms with E-state index in [1.165, 1.54) is 0 Å². The molecule has 0 spiro atoms. The summed E-state index contributed by atoms with van der Waals surface area (Å²) < 4.78 is 7.11. The Morgan fingerprint density at radius 1 is 1.48 bits per heavy atom. The van der Waals surface area contributed by atoms with E-state index in [2.05, 4.69) is 22.5 Å². The van der Waals surface area contributed by atoms with Gasteiger partial charge in [-0.3, -0.25) is 0 Å². The Bertz CT molecular complexity index is 569. The van der Waals surface area contributed by atoms with Crippen LogP contribution in [0.1, 0.15) is 6.92 Å². The lowest BCUT2D eigenvalue weighted by Crippen LogP contribution is -2.33. The lowest BCUT2D eigenvalue weighted by molar-refractivity contribution is 0.250. The fourth-order valence-corrected chi connectivity index (χ4v) is 1.96. The van der Waals surface area contributed by atoms with E-state index in [-0.39, 0.29) is 6.03 Å². The van der Waals surface area contributed by atoms with E-state index in [4.69, 9.17) is 4.74 Å². The summed E-state index contributed by atoms with van der Waals surface area (Å²) in [6.07, 6.45) is 5.43. The molecule has 21 heavy (non-hydrogen) atoms. The molecule has 0 saturated carbocycles. The monoisotopic (exact) mass is 288 g/mol. The maximum absolute atomic E-state index is 11.8. The number of carbonyl (C=O) groups excluding carboxylic acids is 1. The minimum absolute atomic E-state index is 0.222. The molecule has 112 valence electrons. The fourth-order valence-electron chi connectivity index (χ4n) is 1.96. The van der Waals surface area contributed by atoms with Crippen LogP contribution in [0.25, 0.3) is 0 Å². The molecule has 1 atom stereocenters. The van der Waals surface area contributed by atoms with E-state index in [0.717, 1.165) is 6.54 Å². The van der Waals surface area contributed by atoms with E-state index in [1.807, 2.05) is 29.0 Å². The molecule has 1 aromatic heterocycles. The first-order valence-electron chi connectivity index (χ1n) is 6.82. The van der Waals surface area contributed by atoms with Crippen molar-refractivity contribution in [2.75, 3.05) is 19.0 Å². The molecule has 2 rings (SSSR count). The van der Waals surface area contributed by atoms with Crippen LogP contribution in [0, 0.1) is 5.92 Å². The van der Waals surface area contributed by atoms with E-state index < -0.39 is 0 Å². The van der Waals surface area contributed by atoms with Gasteiger partial charge < -0.3 is 19.9 Å². The van der Waals surface area contributed by atoms with Gasteiger partial charge in [0.25, 0.3) is 0 Å². The van der Waals surface area contributed by atoms with Gasteiger partial charge in [-0.05, 0) is 18.1 Å². The van der Waals surface area contributed by atoms with E-state index in [0.29, 0.717) is 23.9 Å². The van der Waals surface area contributed by atoms with Crippen molar-refractivity contribution in [2.24, 2.45) is 5.92 Å². The number of ether oxygens (including phenoxy) is 1. The molecule has 2 amide bonds. The Morgan fingerprint density at radius 3 is 3.05 bits per heavy atom. The maximum Gasteiger partial charge on any atom is 0.319 e. The Kier molecular flexibility index (Phi) is 5.20. The van der Waals surface area contributed by atoms with Gasteiger partial charge in [-0.15, -0.1) is 0 Å². The lowest BCUT2D eigenvalue weighted by Gasteiger charge is -2.14. The van der Waals surface area contributed by atoms with Gasteiger partial charge in [0, 0.05) is 37.2 Å². The van der Waals surface area contributed by atoms with Gasteiger partial charge in [0.2, 0.25) is 0 Å². The largest absolute Gasteiger partial charge is 0.497 e. The van der Waals surface area contributed by atoms with Crippen molar-refractivity contribution < 1.29 is 9.53 Å². The van der Waals surface area contributed by atoms with Crippen molar-refractivity contribution in [3.63, 3.8) is 0 Å².